The summed E-state index contributed by atoms with van der Waals surface area (Å²) in [6, 6.07) is 0. The number of esters is 1. The summed E-state index contributed by atoms with van der Waals surface area (Å²) in [5, 5.41) is 0. The lowest BCUT2D eigenvalue weighted by Gasteiger charge is -2.29. The number of carbonyl (C=O) groups excluding carboxylic acids is 2. The van der Waals surface area contributed by atoms with Crippen molar-refractivity contribution in [2.24, 2.45) is 5.92 Å². The number of methoxy groups -OCH3 is 1. The van der Waals surface area contributed by atoms with E-state index in [1.807, 2.05) is 6.92 Å². The van der Waals surface area contributed by atoms with Gasteiger partial charge in [0.15, 0.2) is 0 Å². The number of piperidine rings is 1. The first kappa shape index (κ1) is 11.8. The molecule has 84 valence electrons. The minimum atomic E-state index is -0.159. The number of ether oxygens (including phenoxy) is 1. The van der Waals surface area contributed by atoms with Crippen LogP contribution in [0.5, 0.6) is 0 Å². The molecule has 4 nitrogen and oxygen atoms in total. The zero-order chi connectivity index (χ0) is 11.3. The molecule has 0 radical (unpaired) electrons. The summed E-state index contributed by atoms with van der Waals surface area (Å²) >= 11 is 0. The molecule has 0 aliphatic carbocycles. The number of likely N-dealkylation sites (tertiary alicyclic amines) is 1. The molecule has 0 aromatic rings. The number of hydrogen-bond donors (Lipinski definition) is 0. The summed E-state index contributed by atoms with van der Waals surface area (Å²) in [5.41, 5.74) is 0. The Kier molecular flexibility index (Phi) is 4.34. The molecule has 1 fully saturated rings. The summed E-state index contributed by atoms with van der Waals surface area (Å²) in [5.74, 6) is -0.168. The van der Waals surface area contributed by atoms with Crippen LogP contribution in [0.4, 0.5) is 0 Å². The van der Waals surface area contributed by atoms with Crippen LogP contribution in [0, 0.1) is 5.92 Å². The minimum absolute atomic E-state index is 0.0285. The van der Waals surface area contributed by atoms with E-state index in [4.69, 9.17) is 0 Å². The molecule has 1 aliphatic heterocycles. The molecule has 0 aromatic heterocycles. The third-order valence-corrected chi connectivity index (χ3v) is 2.65. The molecular weight excluding hydrogens is 194 g/mol. The van der Waals surface area contributed by atoms with Gasteiger partial charge in [-0.15, -0.1) is 0 Å². The summed E-state index contributed by atoms with van der Waals surface area (Å²) in [6.07, 6.45) is 4.69. The van der Waals surface area contributed by atoms with Gasteiger partial charge in [-0.3, -0.25) is 9.59 Å². The Hall–Kier alpha value is -1.32. The smallest absolute Gasteiger partial charge is 0.308 e. The fraction of sp³-hybridized carbons (Fsp3) is 0.636. The average molecular weight is 211 g/mol. The predicted molar refractivity (Wildman–Crippen MR) is 56.1 cm³/mol. The van der Waals surface area contributed by atoms with E-state index in [9.17, 15) is 9.59 Å². The van der Waals surface area contributed by atoms with Gasteiger partial charge in [-0.1, -0.05) is 6.08 Å². The van der Waals surface area contributed by atoms with Crippen molar-refractivity contribution in [3.05, 3.63) is 12.2 Å². The van der Waals surface area contributed by atoms with Crippen LogP contribution >= 0.6 is 0 Å². The van der Waals surface area contributed by atoms with E-state index in [1.165, 1.54) is 7.11 Å². The zero-order valence-electron chi connectivity index (χ0n) is 9.23. The van der Waals surface area contributed by atoms with Crippen molar-refractivity contribution in [1.29, 1.82) is 0 Å². The Morgan fingerprint density at radius 2 is 1.93 bits per heavy atom. The van der Waals surface area contributed by atoms with Gasteiger partial charge < -0.3 is 9.64 Å². The second-order valence-electron chi connectivity index (χ2n) is 3.62. The first-order valence-electron chi connectivity index (χ1n) is 5.18. The number of allylic oxidation sites excluding steroid dienone is 1. The SMILES string of the molecule is CC=CC(=O)N1CCC(C(=O)OC)CC1. The third-order valence-electron chi connectivity index (χ3n) is 2.65. The lowest BCUT2D eigenvalue weighted by atomic mass is 9.97. The molecule has 4 heteroatoms. The van der Waals surface area contributed by atoms with Crippen LogP contribution < -0.4 is 0 Å². The molecule has 0 saturated carbocycles. The van der Waals surface area contributed by atoms with Crippen LogP contribution in [-0.4, -0.2) is 37.0 Å². The first-order valence-corrected chi connectivity index (χ1v) is 5.18. The monoisotopic (exact) mass is 211 g/mol. The quantitative estimate of drug-likeness (QED) is 0.505. The molecule has 0 atom stereocenters. The highest BCUT2D eigenvalue weighted by Gasteiger charge is 2.26. The number of nitrogens with zero attached hydrogens (tertiary/aromatic N) is 1. The zero-order valence-corrected chi connectivity index (χ0v) is 9.23. The summed E-state index contributed by atoms with van der Waals surface area (Å²) in [6.45, 7) is 3.10. The Balaban J connectivity index is 2.42. The van der Waals surface area contributed by atoms with E-state index in [0.29, 0.717) is 25.9 Å². The molecule has 1 amide bonds. The van der Waals surface area contributed by atoms with Crippen molar-refractivity contribution in [2.45, 2.75) is 19.8 Å². The van der Waals surface area contributed by atoms with E-state index in [-0.39, 0.29) is 17.8 Å². The van der Waals surface area contributed by atoms with Gasteiger partial charge in [-0.2, -0.15) is 0 Å². The van der Waals surface area contributed by atoms with Gasteiger partial charge in [0.25, 0.3) is 0 Å². The standard InChI is InChI=1S/C11H17NO3/c1-3-4-10(13)12-7-5-9(6-8-12)11(14)15-2/h3-4,9H,5-8H2,1-2H3. The molecule has 1 saturated heterocycles. The Bertz CT molecular complexity index is 265. The summed E-state index contributed by atoms with van der Waals surface area (Å²) in [7, 11) is 1.40. The maximum absolute atomic E-state index is 11.5. The predicted octanol–water partition coefficient (Wildman–Crippen LogP) is 0.974. The van der Waals surface area contributed by atoms with Crippen LogP contribution in [0.1, 0.15) is 19.8 Å². The Morgan fingerprint density at radius 1 is 1.33 bits per heavy atom. The van der Waals surface area contributed by atoms with Crippen LogP contribution in [0.2, 0.25) is 0 Å². The highest BCUT2D eigenvalue weighted by Crippen LogP contribution is 2.18. The van der Waals surface area contributed by atoms with Crippen molar-refractivity contribution in [3.8, 4) is 0 Å². The second-order valence-corrected chi connectivity index (χ2v) is 3.62. The largest absolute Gasteiger partial charge is 0.469 e. The third kappa shape index (κ3) is 3.08. The molecule has 0 spiro atoms. The van der Waals surface area contributed by atoms with Gasteiger partial charge in [-0.05, 0) is 25.8 Å². The van der Waals surface area contributed by atoms with E-state index in [1.54, 1.807) is 17.1 Å². The maximum atomic E-state index is 11.5. The van der Waals surface area contributed by atoms with Crippen molar-refractivity contribution in [1.82, 2.24) is 4.90 Å². The fourth-order valence-electron chi connectivity index (χ4n) is 1.75. The number of amides is 1. The van der Waals surface area contributed by atoms with Crippen LogP contribution in [-0.2, 0) is 14.3 Å². The van der Waals surface area contributed by atoms with E-state index in [0.717, 1.165) is 0 Å². The maximum Gasteiger partial charge on any atom is 0.308 e. The highest BCUT2D eigenvalue weighted by molar-refractivity contribution is 5.87. The Labute approximate surface area is 89.9 Å². The number of hydrogen-bond acceptors (Lipinski definition) is 3. The first-order chi connectivity index (χ1) is 7.19. The van der Waals surface area contributed by atoms with Gasteiger partial charge in [-0.25, -0.2) is 0 Å². The molecule has 0 bridgehead atoms. The molecule has 0 unspecified atom stereocenters. The molecule has 0 N–H and O–H groups in total. The topological polar surface area (TPSA) is 46.6 Å². The molecule has 1 rings (SSSR count). The van der Waals surface area contributed by atoms with Gasteiger partial charge in [0.05, 0.1) is 13.0 Å². The minimum Gasteiger partial charge on any atom is -0.469 e. The van der Waals surface area contributed by atoms with Crippen LogP contribution in [0.15, 0.2) is 12.2 Å². The lowest BCUT2D eigenvalue weighted by Crippen LogP contribution is -2.39. The molecule has 15 heavy (non-hydrogen) atoms. The molecular formula is C11H17NO3. The number of rotatable bonds is 2. The van der Waals surface area contributed by atoms with Gasteiger partial charge in [0, 0.05) is 13.1 Å². The van der Waals surface area contributed by atoms with Gasteiger partial charge in [0.2, 0.25) is 5.91 Å². The van der Waals surface area contributed by atoms with Crippen LogP contribution in [0.3, 0.4) is 0 Å². The van der Waals surface area contributed by atoms with Crippen molar-refractivity contribution < 1.29 is 14.3 Å². The highest BCUT2D eigenvalue weighted by atomic mass is 16.5. The fourth-order valence-corrected chi connectivity index (χ4v) is 1.75. The molecule has 0 aromatic carbocycles. The summed E-state index contributed by atoms with van der Waals surface area (Å²) < 4.78 is 4.68. The van der Waals surface area contributed by atoms with Crippen molar-refractivity contribution >= 4 is 11.9 Å². The number of carbonyl (C=O) groups is 2. The van der Waals surface area contributed by atoms with E-state index >= 15 is 0 Å². The van der Waals surface area contributed by atoms with Crippen LogP contribution in [0.25, 0.3) is 0 Å². The summed E-state index contributed by atoms with van der Waals surface area (Å²) in [4.78, 5) is 24.5. The molecule has 1 heterocycles. The van der Waals surface area contributed by atoms with E-state index in [2.05, 4.69) is 4.74 Å². The van der Waals surface area contributed by atoms with Crippen molar-refractivity contribution in [3.63, 3.8) is 0 Å². The Morgan fingerprint density at radius 3 is 2.40 bits per heavy atom. The van der Waals surface area contributed by atoms with Gasteiger partial charge in [0.1, 0.15) is 0 Å². The lowest BCUT2D eigenvalue weighted by molar-refractivity contribution is -0.148. The van der Waals surface area contributed by atoms with E-state index < -0.39 is 0 Å². The normalized spacial score (nSPS) is 18.1. The second kappa shape index (κ2) is 5.53. The van der Waals surface area contributed by atoms with Gasteiger partial charge >= 0.3 is 5.97 Å². The molecule has 1 aliphatic rings. The van der Waals surface area contributed by atoms with Crippen molar-refractivity contribution in [2.75, 3.05) is 20.2 Å². The average Bonchev–Trinajstić information content (AvgIpc) is 2.28.